The van der Waals surface area contributed by atoms with Gasteiger partial charge in [-0.05, 0) is 12.8 Å². The van der Waals surface area contributed by atoms with Gasteiger partial charge in [-0.25, -0.2) is 4.57 Å². The second-order valence-corrected chi connectivity index (χ2v) is 17.6. The Morgan fingerprint density at radius 2 is 0.625 bits per heavy atom. The van der Waals surface area contributed by atoms with Crippen molar-refractivity contribution in [3.8, 4) is 0 Å². The standard InChI is InChI=1S/C45H89O10P/c1-3-5-7-9-11-13-15-17-19-21-23-25-27-29-31-33-35-37-45(49)55-43(39-47)41-53-56(50,51)52-40-42(38-46)54-44(48)36-34-32-30-28-26-24-22-20-18-16-14-12-10-8-6-4-2/h42-43,46-47H,3-41H2,1-2H3,(H,50,51). The number of rotatable bonds is 45. The van der Waals surface area contributed by atoms with Gasteiger partial charge in [-0.2, -0.15) is 0 Å². The van der Waals surface area contributed by atoms with Crippen LogP contribution in [0.4, 0.5) is 0 Å². The van der Waals surface area contributed by atoms with Gasteiger partial charge in [0, 0.05) is 12.8 Å². The molecule has 0 fully saturated rings. The lowest BCUT2D eigenvalue weighted by atomic mass is 10.0. The molecule has 0 rings (SSSR count). The number of phosphoric ester groups is 1. The van der Waals surface area contributed by atoms with Crippen LogP contribution in [-0.2, 0) is 32.7 Å². The minimum absolute atomic E-state index is 0.200. The number of esters is 2. The number of aliphatic hydroxyl groups is 2. The van der Waals surface area contributed by atoms with Gasteiger partial charge in [0.25, 0.3) is 0 Å². The van der Waals surface area contributed by atoms with Crippen molar-refractivity contribution in [3.05, 3.63) is 0 Å². The van der Waals surface area contributed by atoms with E-state index in [-0.39, 0.29) is 12.8 Å². The summed E-state index contributed by atoms with van der Waals surface area (Å²) in [7, 11) is -4.63. The van der Waals surface area contributed by atoms with Crippen LogP contribution in [0.5, 0.6) is 0 Å². The molecule has 0 radical (unpaired) electrons. The first-order chi connectivity index (χ1) is 27.3. The quantitative estimate of drug-likeness (QED) is 0.0308. The molecule has 0 aromatic carbocycles. The van der Waals surface area contributed by atoms with Crippen molar-refractivity contribution >= 4 is 19.8 Å². The van der Waals surface area contributed by atoms with Crippen molar-refractivity contribution in [1.82, 2.24) is 0 Å². The Labute approximate surface area is 344 Å². The summed E-state index contributed by atoms with van der Waals surface area (Å²) in [4.78, 5) is 34.6. The Morgan fingerprint density at radius 1 is 0.411 bits per heavy atom. The van der Waals surface area contributed by atoms with Crippen molar-refractivity contribution in [3.63, 3.8) is 0 Å². The van der Waals surface area contributed by atoms with Crippen LogP contribution < -0.4 is 0 Å². The zero-order valence-corrected chi connectivity index (χ0v) is 37.3. The largest absolute Gasteiger partial charge is 0.472 e. The highest BCUT2D eigenvalue weighted by Crippen LogP contribution is 2.43. The first-order valence-electron chi connectivity index (χ1n) is 23.5. The smallest absolute Gasteiger partial charge is 0.457 e. The fourth-order valence-corrected chi connectivity index (χ4v) is 7.73. The van der Waals surface area contributed by atoms with Gasteiger partial charge in [0.05, 0.1) is 26.4 Å². The van der Waals surface area contributed by atoms with Crippen LogP contribution in [-0.4, -0.2) is 65.7 Å². The lowest BCUT2D eigenvalue weighted by molar-refractivity contribution is -0.153. The summed E-state index contributed by atoms with van der Waals surface area (Å²) in [6.45, 7) is 2.26. The highest BCUT2D eigenvalue weighted by atomic mass is 31.2. The molecular weight excluding hydrogens is 731 g/mol. The van der Waals surface area contributed by atoms with Crippen molar-refractivity contribution in [2.45, 2.75) is 251 Å². The maximum atomic E-state index is 12.4. The zero-order chi connectivity index (χ0) is 41.2. The lowest BCUT2D eigenvalue weighted by Crippen LogP contribution is -2.28. The van der Waals surface area contributed by atoms with Crippen LogP contribution in [0.2, 0.25) is 0 Å². The Balaban J connectivity index is 3.84. The molecule has 0 saturated carbocycles. The Hall–Kier alpha value is -1.03. The summed E-state index contributed by atoms with van der Waals surface area (Å²) >= 11 is 0. The number of unbranched alkanes of at least 4 members (excludes halogenated alkanes) is 31. The number of carbonyl (C=O) groups is 2. The molecule has 3 atom stereocenters. The van der Waals surface area contributed by atoms with E-state index < -0.39 is 58.4 Å². The predicted molar refractivity (Wildman–Crippen MR) is 229 cm³/mol. The number of hydrogen-bond acceptors (Lipinski definition) is 9. The number of carbonyl (C=O) groups excluding carboxylic acids is 2. The van der Waals surface area contributed by atoms with Gasteiger partial charge in [-0.1, -0.05) is 213 Å². The molecule has 0 spiro atoms. The first kappa shape index (κ1) is 55.0. The topological polar surface area (TPSA) is 149 Å². The number of hydrogen-bond donors (Lipinski definition) is 3. The lowest BCUT2D eigenvalue weighted by Gasteiger charge is -2.20. The molecule has 0 aliphatic carbocycles. The molecule has 0 aromatic rings. The molecule has 11 heteroatoms. The van der Waals surface area contributed by atoms with Crippen LogP contribution in [0.25, 0.3) is 0 Å². The predicted octanol–water partition coefficient (Wildman–Crippen LogP) is 12.6. The molecule has 0 heterocycles. The van der Waals surface area contributed by atoms with Crippen LogP contribution in [0.1, 0.15) is 239 Å². The van der Waals surface area contributed by atoms with E-state index in [0.29, 0.717) is 12.8 Å². The molecule has 0 saturated heterocycles. The van der Waals surface area contributed by atoms with E-state index >= 15 is 0 Å². The third-order valence-corrected chi connectivity index (χ3v) is 11.5. The van der Waals surface area contributed by atoms with Gasteiger partial charge in [0.2, 0.25) is 0 Å². The second kappa shape index (κ2) is 42.1. The molecule has 10 nitrogen and oxygen atoms in total. The van der Waals surface area contributed by atoms with E-state index in [1.807, 2.05) is 0 Å². The van der Waals surface area contributed by atoms with Gasteiger partial charge in [-0.3, -0.25) is 18.6 Å². The summed E-state index contributed by atoms with van der Waals surface area (Å²) in [6.07, 6.45) is 39.3. The number of aliphatic hydroxyl groups excluding tert-OH is 2. The van der Waals surface area contributed by atoms with E-state index in [2.05, 4.69) is 13.8 Å². The Kier molecular flexibility index (Phi) is 41.3. The maximum Gasteiger partial charge on any atom is 0.472 e. The SMILES string of the molecule is CCCCCCCCCCCCCCCCCCCC(=O)OC(CO)COP(=O)(O)OCC(CO)OC(=O)CCCCCCCCCCCCCCCCCC. The second-order valence-electron chi connectivity index (χ2n) is 16.1. The molecule has 3 unspecified atom stereocenters. The average molecular weight is 821 g/mol. The summed E-state index contributed by atoms with van der Waals surface area (Å²) in [6, 6.07) is 0. The minimum Gasteiger partial charge on any atom is -0.457 e. The van der Waals surface area contributed by atoms with Crippen molar-refractivity contribution in [2.75, 3.05) is 26.4 Å². The molecule has 0 aliphatic rings. The molecule has 334 valence electrons. The van der Waals surface area contributed by atoms with Crippen LogP contribution >= 0.6 is 7.82 Å². The fourth-order valence-electron chi connectivity index (χ4n) is 6.94. The van der Waals surface area contributed by atoms with Gasteiger partial charge < -0.3 is 24.6 Å². The van der Waals surface area contributed by atoms with E-state index in [0.717, 1.165) is 38.5 Å². The summed E-state index contributed by atoms with van der Waals surface area (Å²) < 4.78 is 32.6. The molecule has 3 N–H and O–H groups in total. The minimum atomic E-state index is -4.63. The van der Waals surface area contributed by atoms with Crippen LogP contribution in [0.3, 0.4) is 0 Å². The number of ether oxygens (including phenoxy) is 2. The summed E-state index contributed by atoms with van der Waals surface area (Å²) in [5.41, 5.74) is 0. The van der Waals surface area contributed by atoms with Crippen LogP contribution in [0.15, 0.2) is 0 Å². The maximum absolute atomic E-state index is 12.4. The molecule has 0 bridgehead atoms. The fraction of sp³-hybridized carbons (Fsp3) is 0.956. The molecule has 0 aromatic heterocycles. The zero-order valence-electron chi connectivity index (χ0n) is 36.4. The number of phosphoric acid groups is 1. The van der Waals surface area contributed by atoms with Crippen molar-refractivity contribution in [2.24, 2.45) is 0 Å². The summed E-state index contributed by atoms with van der Waals surface area (Å²) in [5, 5.41) is 19.2. The van der Waals surface area contributed by atoms with Crippen molar-refractivity contribution in [1.29, 1.82) is 0 Å². The Morgan fingerprint density at radius 3 is 0.839 bits per heavy atom. The molecule has 0 aliphatic heterocycles. The first-order valence-corrected chi connectivity index (χ1v) is 25.0. The van der Waals surface area contributed by atoms with Gasteiger partial charge >= 0.3 is 19.8 Å². The highest BCUT2D eigenvalue weighted by molar-refractivity contribution is 7.47. The Bertz CT molecular complexity index is 904. The molecule has 0 amide bonds. The normalized spacial score (nSPS) is 13.7. The van der Waals surface area contributed by atoms with E-state index in [4.69, 9.17) is 18.5 Å². The van der Waals surface area contributed by atoms with Gasteiger partial charge in [-0.15, -0.1) is 0 Å². The van der Waals surface area contributed by atoms with Gasteiger partial charge in [0.15, 0.2) is 0 Å². The molecule has 56 heavy (non-hydrogen) atoms. The van der Waals surface area contributed by atoms with E-state index in [1.165, 1.54) is 161 Å². The highest BCUT2D eigenvalue weighted by Gasteiger charge is 2.27. The van der Waals surface area contributed by atoms with Crippen LogP contribution in [0, 0.1) is 0 Å². The van der Waals surface area contributed by atoms with E-state index in [1.54, 1.807) is 0 Å². The van der Waals surface area contributed by atoms with Crippen molar-refractivity contribution < 1.29 is 47.8 Å². The van der Waals surface area contributed by atoms with Gasteiger partial charge in [0.1, 0.15) is 12.2 Å². The third-order valence-electron chi connectivity index (χ3n) is 10.6. The molecular formula is C45H89O10P. The third kappa shape index (κ3) is 39.8. The van der Waals surface area contributed by atoms with E-state index in [9.17, 15) is 29.3 Å². The summed E-state index contributed by atoms with van der Waals surface area (Å²) in [5.74, 6) is -1.00. The monoisotopic (exact) mass is 821 g/mol. The average Bonchev–Trinajstić information content (AvgIpc) is 3.19.